The summed E-state index contributed by atoms with van der Waals surface area (Å²) in [6.07, 6.45) is 1.12. The molecule has 0 fully saturated rings. The summed E-state index contributed by atoms with van der Waals surface area (Å²) < 4.78 is 5.28. The Morgan fingerprint density at radius 2 is 1.81 bits per heavy atom. The lowest BCUT2D eigenvalue weighted by Gasteiger charge is -2.42. The van der Waals surface area contributed by atoms with E-state index in [1.165, 1.54) is 10.5 Å². The van der Waals surface area contributed by atoms with E-state index < -0.39 is 0 Å². The van der Waals surface area contributed by atoms with E-state index in [0.29, 0.717) is 17.3 Å². The van der Waals surface area contributed by atoms with E-state index in [1.54, 1.807) is 19.1 Å². The van der Waals surface area contributed by atoms with Crippen LogP contribution in [-0.4, -0.2) is 28.5 Å². The van der Waals surface area contributed by atoms with Gasteiger partial charge in [0, 0.05) is 27.1 Å². The zero-order chi connectivity index (χ0) is 23.7. The van der Waals surface area contributed by atoms with Gasteiger partial charge in [-0.1, -0.05) is 27.7 Å². The molecule has 0 amide bonds. The average Bonchev–Trinajstić information content (AvgIpc) is 2.67. The summed E-state index contributed by atoms with van der Waals surface area (Å²) in [5.41, 5.74) is 3.94. The van der Waals surface area contributed by atoms with Gasteiger partial charge in [0.1, 0.15) is 0 Å². The number of carbonyl (C=O) groups excluding carboxylic acids is 1. The van der Waals surface area contributed by atoms with Crippen LogP contribution in [0.15, 0.2) is 47.4 Å². The number of rotatable bonds is 5. The van der Waals surface area contributed by atoms with Gasteiger partial charge in [-0.3, -0.25) is 0 Å². The molecule has 0 aromatic heterocycles. The fourth-order valence-corrected chi connectivity index (χ4v) is 6.56. The molecule has 1 aliphatic heterocycles. The Morgan fingerprint density at radius 1 is 1.16 bits per heavy atom. The molecule has 1 N–H and O–H groups in total. The van der Waals surface area contributed by atoms with Crippen molar-refractivity contribution in [1.29, 1.82) is 0 Å². The second-order valence-electron chi connectivity index (χ2n) is 9.79. The van der Waals surface area contributed by atoms with Crippen molar-refractivity contribution in [1.82, 2.24) is 0 Å². The van der Waals surface area contributed by atoms with E-state index in [-0.39, 0.29) is 22.2 Å². The molecule has 2 aromatic rings. The summed E-state index contributed by atoms with van der Waals surface area (Å²) in [4.78, 5) is 15.4. The summed E-state index contributed by atoms with van der Waals surface area (Å²) >= 11 is 7.77. The highest BCUT2D eigenvalue weighted by atomic mass is 32.2. The number of benzene rings is 2. The lowest BCUT2D eigenvalue weighted by Crippen LogP contribution is -2.40. The van der Waals surface area contributed by atoms with E-state index in [4.69, 9.17) is 17.0 Å². The summed E-state index contributed by atoms with van der Waals surface area (Å²) in [5.74, 6) is -0.317. The van der Waals surface area contributed by atoms with Crippen molar-refractivity contribution < 1.29 is 9.53 Å². The number of thiocarbonyl (C=S) groups is 1. The first-order chi connectivity index (χ1) is 14.9. The standard InChI is InChI=1S/C26H34N2O2S2/c1-8-30-23(29)18-9-11-19(12-10-18)27-24(31)28(17(2)3)20-13-14-22-21(15-20)25(4,5)16-26(6,7)32-22/h9-15,17H,8,16H2,1-7H3,(H,27,31). The predicted molar refractivity (Wildman–Crippen MR) is 140 cm³/mol. The molecule has 0 aliphatic carbocycles. The number of nitrogens with zero attached hydrogens (tertiary/aromatic N) is 1. The van der Waals surface area contributed by atoms with Crippen LogP contribution in [0.3, 0.4) is 0 Å². The minimum Gasteiger partial charge on any atom is -0.462 e. The molecular weight excluding hydrogens is 436 g/mol. The topological polar surface area (TPSA) is 41.6 Å². The number of carbonyl (C=O) groups is 1. The smallest absolute Gasteiger partial charge is 0.338 e. The highest BCUT2D eigenvalue weighted by molar-refractivity contribution is 8.00. The molecule has 4 nitrogen and oxygen atoms in total. The van der Waals surface area contributed by atoms with E-state index in [0.717, 1.165) is 17.8 Å². The molecule has 1 heterocycles. The number of anilines is 2. The van der Waals surface area contributed by atoms with Gasteiger partial charge in [-0.25, -0.2) is 4.79 Å². The third-order valence-corrected chi connectivity index (χ3v) is 7.18. The van der Waals surface area contributed by atoms with Gasteiger partial charge in [0.2, 0.25) is 0 Å². The van der Waals surface area contributed by atoms with Crippen molar-refractivity contribution in [2.75, 3.05) is 16.8 Å². The van der Waals surface area contributed by atoms with E-state index >= 15 is 0 Å². The van der Waals surface area contributed by atoms with Gasteiger partial charge in [0.05, 0.1) is 12.2 Å². The van der Waals surface area contributed by atoms with E-state index in [2.05, 4.69) is 70.0 Å². The zero-order valence-corrected chi connectivity index (χ0v) is 21.7. The highest BCUT2D eigenvalue weighted by Crippen LogP contribution is 2.51. The largest absolute Gasteiger partial charge is 0.462 e. The van der Waals surface area contributed by atoms with Gasteiger partial charge >= 0.3 is 5.97 Å². The Bertz CT molecular complexity index is 997. The second-order valence-corrected chi connectivity index (χ2v) is 11.9. The van der Waals surface area contributed by atoms with Crippen LogP contribution in [0, 0.1) is 0 Å². The molecule has 0 atom stereocenters. The van der Waals surface area contributed by atoms with Gasteiger partial charge in [-0.05, 0) is 92.9 Å². The maximum atomic E-state index is 11.9. The van der Waals surface area contributed by atoms with Crippen molar-refractivity contribution in [2.45, 2.75) is 76.0 Å². The monoisotopic (exact) mass is 470 g/mol. The van der Waals surface area contributed by atoms with Gasteiger partial charge in [-0.15, -0.1) is 11.8 Å². The molecule has 0 saturated carbocycles. The van der Waals surface area contributed by atoms with Crippen molar-refractivity contribution in [3.05, 3.63) is 53.6 Å². The zero-order valence-electron chi connectivity index (χ0n) is 20.1. The van der Waals surface area contributed by atoms with Crippen molar-refractivity contribution in [3.63, 3.8) is 0 Å². The molecule has 32 heavy (non-hydrogen) atoms. The van der Waals surface area contributed by atoms with Crippen molar-refractivity contribution >= 4 is 46.4 Å². The molecule has 2 aromatic carbocycles. The maximum absolute atomic E-state index is 11.9. The first-order valence-corrected chi connectivity index (χ1v) is 12.4. The quantitative estimate of drug-likeness (QED) is 0.374. The summed E-state index contributed by atoms with van der Waals surface area (Å²) in [6.45, 7) is 15.7. The third-order valence-electron chi connectivity index (χ3n) is 5.61. The minimum absolute atomic E-state index is 0.0979. The molecule has 0 spiro atoms. The van der Waals surface area contributed by atoms with Crippen molar-refractivity contribution in [2.24, 2.45) is 0 Å². The van der Waals surface area contributed by atoms with Crippen LogP contribution in [0.5, 0.6) is 0 Å². The van der Waals surface area contributed by atoms with Crippen LogP contribution in [0.25, 0.3) is 0 Å². The number of hydrogen-bond donors (Lipinski definition) is 1. The molecule has 0 saturated heterocycles. The Morgan fingerprint density at radius 3 is 2.41 bits per heavy atom. The first kappa shape index (κ1) is 24.6. The third kappa shape index (κ3) is 5.46. The number of hydrogen-bond acceptors (Lipinski definition) is 4. The second kappa shape index (κ2) is 9.44. The normalized spacial score (nSPS) is 16.2. The Hall–Kier alpha value is -2.05. The van der Waals surface area contributed by atoms with E-state index in [9.17, 15) is 4.79 Å². The SMILES string of the molecule is CCOC(=O)c1ccc(NC(=S)N(c2ccc3c(c2)C(C)(C)CC(C)(C)S3)C(C)C)cc1. The number of esters is 1. The average molecular weight is 471 g/mol. The molecule has 3 rings (SSSR count). The van der Waals surface area contributed by atoms with Crippen molar-refractivity contribution in [3.8, 4) is 0 Å². The Balaban J connectivity index is 1.84. The molecule has 0 radical (unpaired) electrons. The lowest BCUT2D eigenvalue weighted by atomic mass is 9.77. The number of nitrogens with one attached hydrogen (secondary N) is 1. The fourth-order valence-electron chi connectivity index (χ4n) is 4.52. The molecule has 0 bridgehead atoms. The van der Waals surface area contributed by atoms with E-state index in [1.807, 2.05) is 23.9 Å². The summed E-state index contributed by atoms with van der Waals surface area (Å²) in [7, 11) is 0. The summed E-state index contributed by atoms with van der Waals surface area (Å²) in [6, 6.07) is 14.1. The molecular formula is C26H34N2O2S2. The van der Waals surface area contributed by atoms with Gasteiger partial charge < -0.3 is 15.0 Å². The fraction of sp³-hybridized carbons (Fsp3) is 0.462. The highest BCUT2D eigenvalue weighted by Gasteiger charge is 2.38. The molecule has 1 aliphatic rings. The first-order valence-electron chi connectivity index (χ1n) is 11.1. The summed E-state index contributed by atoms with van der Waals surface area (Å²) in [5, 5.41) is 3.96. The number of ether oxygens (including phenoxy) is 1. The number of fused-ring (bicyclic) bond motifs is 1. The van der Waals surface area contributed by atoms with Crippen LogP contribution in [0.2, 0.25) is 0 Å². The Kier molecular flexibility index (Phi) is 7.25. The molecule has 0 unspecified atom stereocenters. The molecule has 6 heteroatoms. The Labute approximate surface area is 202 Å². The van der Waals surface area contributed by atoms with Crippen LogP contribution >= 0.6 is 24.0 Å². The lowest BCUT2D eigenvalue weighted by molar-refractivity contribution is 0.0526. The maximum Gasteiger partial charge on any atom is 0.338 e. The van der Waals surface area contributed by atoms with Gasteiger partial charge in [-0.2, -0.15) is 0 Å². The minimum atomic E-state index is -0.317. The van der Waals surface area contributed by atoms with Crippen LogP contribution in [-0.2, 0) is 10.2 Å². The molecule has 172 valence electrons. The number of thioether (sulfide) groups is 1. The van der Waals surface area contributed by atoms with Gasteiger partial charge in [0.25, 0.3) is 0 Å². The van der Waals surface area contributed by atoms with Crippen LogP contribution < -0.4 is 10.2 Å². The van der Waals surface area contributed by atoms with Gasteiger partial charge in [0.15, 0.2) is 5.11 Å². The van der Waals surface area contributed by atoms with Crippen LogP contribution in [0.1, 0.15) is 70.8 Å². The van der Waals surface area contributed by atoms with Crippen LogP contribution in [0.4, 0.5) is 11.4 Å². The predicted octanol–water partition coefficient (Wildman–Crippen LogP) is 7.03.